The molecule has 0 bridgehead atoms. The van der Waals surface area contributed by atoms with Crippen LogP contribution in [0.1, 0.15) is 55.7 Å². The van der Waals surface area contributed by atoms with Crippen LogP contribution < -0.4 is 14.3 Å². The third-order valence-electron chi connectivity index (χ3n) is 5.44. The minimum atomic E-state index is -4.54. The molecule has 9 nitrogen and oxygen atoms in total. The minimum Gasteiger partial charge on any atom is -0.306 e. The Hall–Kier alpha value is -2.25. The number of carbonyl (C=O) groups is 1. The van der Waals surface area contributed by atoms with Crippen LogP contribution in [0.2, 0.25) is 0 Å². The number of carbonyl (C=O) groups excluding carboxylic acids is 1. The molecule has 1 atom stereocenters. The largest absolute Gasteiger partial charge is 0.334 e. The van der Waals surface area contributed by atoms with E-state index in [0.29, 0.717) is 5.69 Å². The standard InChI is InChI=1S/C21H32F2N6O3S2/c1-13(2)18-7-17(19(33-18)14(3)4)25-20(30)26-34(31,32)29(16-9-24-28(6)11-16)15-8-21(22,23)12-27(5)10-15/h7,9,11,13-15H,8,10,12H2,1-6H3,(H2,25,26,30). The van der Waals surface area contributed by atoms with Crippen LogP contribution >= 0.6 is 11.3 Å². The van der Waals surface area contributed by atoms with Crippen LogP contribution in [0, 0.1) is 0 Å². The van der Waals surface area contributed by atoms with Gasteiger partial charge in [-0.3, -0.25) is 9.58 Å². The zero-order valence-corrected chi connectivity index (χ0v) is 21.8. The van der Waals surface area contributed by atoms with E-state index in [-0.39, 0.29) is 24.1 Å². The Labute approximate surface area is 203 Å². The molecule has 3 heterocycles. The fourth-order valence-electron chi connectivity index (χ4n) is 4.07. The van der Waals surface area contributed by atoms with E-state index in [4.69, 9.17) is 0 Å². The van der Waals surface area contributed by atoms with Gasteiger partial charge in [-0.2, -0.15) is 13.5 Å². The lowest BCUT2D eigenvalue weighted by atomic mass is 10.0. The predicted molar refractivity (Wildman–Crippen MR) is 130 cm³/mol. The number of aromatic nitrogens is 2. The molecular formula is C21H32F2N6O3S2. The van der Waals surface area contributed by atoms with Gasteiger partial charge in [0.15, 0.2) is 0 Å². The van der Waals surface area contributed by atoms with Crippen molar-refractivity contribution in [2.24, 2.45) is 7.05 Å². The van der Waals surface area contributed by atoms with Crippen molar-refractivity contribution in [3.8, 4) is 0 Å². The van der Waals surface area contributed by atoms with Gasteiger partial charge in [-0.25, -0.2) is 22.6 Å². The van der Waals surface area contributed by atoms with Crippen molar-refractivity contribution in [1.29, 1.82) is 0 Å². The van der Waals surface area contributed by atoms with Crippen LogP contribution in [-0.4, -0.2) is 61.2 Å². The number of nitrogens with one attached hydrogen (secondary N) is 2. The smallest absolute Gasteiger partial charge is 0.306 e. The second-order valence-electron chi connectivity index (χ2n) is 9.38. The number of alkyl halides is 2. The number of halogens is 2. The highest BCUT2D eigenvalue weighted by Crippen LogP contribution is 2.37. The number of anilines is 2. The first-order valence-electron chi connectivity index (χ1n) is 11.0. The first-order valence-corrected chi connectivity index (χ1v) is 13.3. The zero-order chi connectivity index (χ0) is 25.4. The molecule has 1 unspecified atom stereocenters. The highest BCUT2D eigenvalue weighted by Gasteiger charge is 2.45. The minimum absolute atomic E-state index is 0.0762. The molecule has 2 aromatic rings. The van der Waals surface area contributed by atoms with Crippen molar-refractivity contribution in [2.45, 2.75) is 57.9 Å². The van der Waals surface area contributed by atoms with Crippen LogP contribution in [0.3, 0.4) is 0 Å². The summed E-state index contributed by atoms with van der Waals surface area (Å²) in [5.41, 5.74) is 0.632. The molecule has 0 saturated carbocycles. The number of hydrogen-bond acceptors (Lipinski definition) is 6. The summed E-state index contributed by atoms with van der Waals surface area (Å²) in [6, 6.07) is -0.213. The van der Waals surface area contributed by atoms with Crippen molar-refractivity contribution < 1.29 is 22.0 Å². The highest BCUT2D eigenvalue weighted by atomic mass is 32.2. The van der Waals surface area contributed by atoms with Crippen LogP contribution in [0.5, 0.6) is 0 Å². The van der Waals surface area contributed by atoms with Crippen molar-refractivity contribution in [3.63, 3.8) is 0 Å². The maximum atomic E-state index is 14.3. The maximum Gasteiger partial charge on any atom is 0.334 e. The van der Waals surface area contributed by atoms with Gasteiger partial charge in [0.2, 0.25) is 0 Å². The second kappa shape index (κ2) is 9.78. The van der Waals surface area contributed by atoms with Gasteiger partial charge < -0.3 is 5.32 Å². The number of aryl methyl sites for hydroxylation is 1. The van der Waals surface area contributed by atoms with E-state index in [9.17, 15) is 22.0 Å². The number of thiophene rings is 1. The lowest BCUT2D eigenvalue weighted by molar-refractivity contribution is -0.0628. The molecule has 0 aromatic carbocycles. The predicted octanol–water partition coefficient (Wildman–Crippen LogP) is 3.94. The summed E-state index contributed by atoms with van der Waals surface area (Å²) in [6.07, 6.45) is 2.01. The molecule has 190 valence electrons. The second-order valence-corrected chi connectivity index (χ2v) is 12.0. The quantitative estimate of drug-likeness (QED) is 0.579. The van der Waals surface area contributed by atoms with E-state index in [2.05, 4.69) is 10.4 Å². The molecular weight excluding hydrogens is 486 g/mol. The van der Waals surface area contributed by atoms with Crippen molar-refractivity contribution >= 4 is 39.0 Å². The number of likely N-dealkylation sites (tertiary alicyclic amines) is 1. The summed E-state index contributed by atoms with van der Waals surface area (Å²) < 4.78 is 59.6. The molecule has 3 rings (SSSR count). The zero-order valence-electron chi connectivity index (χ0n) is 20.2. The Morgan fingerprint density at radius 2 is 1.94 bits per heavy atom. The molecule has 1 saturated heterocycles. The van der Waals surface area contributed by atoms with E-state index in [0.717, 1.165) is 14.1 Å². The number of nitrogens with zero attached hydrogens (tertiary/aromatic N) is 4. The maximum absolute atomic E-state index is 14.3. The molecule has 0 spiro atoms. The van der Waals surface area contributed by atoms with Crippen molar-refractivity contribution in [2.75, 3.05) is 29.8 Å². The Balaban J connectivity index is 1.88. The lowest BCUT2D eigenvalue weighted by Crippen LogP contribution is -2.58. The first-order chi connectivity index (χ1) is 15.7. The summed E-state index contributed by atoms with van der Waals surface area (Å²) in [4.78, 5) is 16.2. The van der Waals surface area contributed by atoms with Gasteiger partial charge in [0.25, 0.3) is 5.92 Å². The van der Waals surface area contributed by atoms with E-state index in [1.54, 1.807) is 18.4 Å². The van der Waals surface area contributed by atoms with E-state index >= 15 is 0 Å². The molecule has 2 N–H and O–H groups in total. The Kier molecular flexibility index (Phi) is 7.58. The monoisotopic (exact) mass is 518 g/mol. The first kappa shape index (κ1) is 26.4. The van der Waals surface area contributed by atoms with Crippen LogP contribution in [-0.2, 0) is 17.3 Å². The number of amides is 2. The number of rotatable bonds is 7. The van der Waals surface area contributed by atoms with Crippen LogP contribution in [0.4, 0.5) is 25.0 Å². The third-order valence-corrected chi connectivity index (χ3v) is 8.64. The molecule has 1 aliphatic heterocycles. The average Bonchev–Trinajstić information content (AvgIpc) is 3.26. The van der Waals surface area contributed by atoms with Gasteiger partial charge in [-0.15, -0.1) is 11.3 Å². The van der Waals surface area contributed by atoms with E-state index in [1.165, 1.54) is 29.0 Å². The number of hydrogen-bond donors (Lipinski definition) is 2. The molecule has 1 fully saturated rings. The molecule has 0 radical (unpaired) electrons. The van der Waals surface area contributed by atoms with Gasteiger partial charge in [-0.05, 0) is 24.9 Å². The summed E-state index contributed by atoms with van der Waals surface area (Å²) in [7, 11) is -1.44. The van der Waals surface area contributed by atoms with Gasteiger partial charge in [0, 0.05) is 36.0 Å². The average molecular weight is 519 g/mol. The van der Waals surface area contributed by atoms with Gasteiger partial charge in [0.05, 0.1) is 30.2 Å². The Bertz CT molecular complexity index is 1130. The third kappa shape index (κ3) is 6.05. The fourth-order valence-corrected chi connectivity index (χ4v) is 6.48. The van der Waals surface area contributed by atoms with Gasteiger partial charge in [0.1, 0.15) is 0 Å². The van der Waals surface area contributed by atoms with E-state index < -0.39 is 41.2 Å². The Morgan fingerprint density at radius 3 is 2.47 bits per heavy atom. The number of piperidine rings is 1. The van der Waals surface area contributed by atoms with Crippen molar-refractivity contribution in [3.05, 3.63) is 28.2 Å². The van der Waals surface area contributed by atoms with Crippen LogP contribution in [0.15, 0.2) is 18.5 Å². The summed E-state index contributed by atoms with van der Waals surface area (Å²) in [5, 5.41) is 6.62. The Morgan fingerprint density at radius 1 is 1.26 bits per heavy atom. The van der Waals surface area contributed by atoms with Crippen LogP contribution in [0.25, 0.3) is 0 Å². The topological polar surface area (TPSA) is 99.6 Å². The molecule has 1 aliphatic rings. The number of urea groups is 1. The molecule has 2 aromatic heterocycles. The SMILES string of the molecule is CC(C)c1cc(NC(=O)NS(=O)(=O)N(c2cnn(C)c2)C2CN(C)CC(F)(F)C2)c(C(C)C)s1. The molecule has 2 amide bonds. The summed E-state index contributed by atoms with van der Waals surface area (Å²) >= 11 is 1.56. The highest BCUT2D eigenvalue weighted by molar-refractivity contribution is 7.91. The normalized spacial score (nSPS) is 18.9. The van der Waals surface area contributed by atoms with Gasteiger partial charge in [-0.1, -0.05) is 27.7 Å². The molecule has 34 heavy (non-hydrogen) atoms. The number of likely N-dealkylation sites (N-methyl/N-ethyl adjacent to an activating group) is 1. The molecule has 0 aliphatic carbocycles. The molecule has 13 heteroatoms. The van der Waals surface area contributed by atoms with E-state index in [1.807, 2.05) is 38.5 Å². The summed E-state index contributed by atoms with van der Waals surface area (Å²) in [6.45, 7) is 7.65. The van der Waals surface area contributed by atoms with Crippen molar-refractivity contribution in [1.82, 2.24) is 19.4 Å². The fraction of sp³-hybridized carbons (Fsp3) is 0.619. The lowest BCUT2D eigenvalue weighted by Gasteiger charge is -2.40. The van der Waals surface area contributed by atoms with Gasteiger partial charge >= 0.3 is 16.2 Å². The summed E-state index contributed by atoms with van der Waals surface area (Å²) in [5.74, 6) is -2.71.